The van der Waals surface area contributed by atoms with Gasteiger partial charge in [-0.15, -0.1) is 0 Å². The normalized spacial score (nSPS) is 26.6. The fourth-order valence-corrected chi connectivity index (χ4v) is 2.91. The minimum atomic E-state index is 0.0298. The Morgan fingerprint density at radius 3 is 2.71 bits per heavy atom. The number of carbonyl (C=O) groups excluding carboxylic acids is 1. The molecule has 0 spiro atoms. The molecule has 3 heteroatoms. The molecule has 0 aromatic rings. The number of carbonyl (C=O) groups is 1. The summed E-state index contributed by atoms with van der Waals surface area (Å²) in [6, 6.07) is 0.442. The molecule has 3 unspecified atom stereocenters. The van der Waals surface area contributed by atoms with Crippen molar-refractivity contribution in [1.82, 2.24) is 4.90 Å². The van der Waals surface area contributed by atoms with Crippen LogP contribution in [0.4, 0.5) is 0 Å². The number of hydrogen-bond acceptors (Lipinski definition) is 2. The number of rotatable bonds is 5. The Morgan fingerprint density at radius 2 is 2.18 bits per heavy atom. The second-order valence-corrected chi connectivity index (χ2v) is 5.60. The smallest absolute Gasteiger partial charge is 0.226 e. The maximum atomic E-state index is 12.3. The molecule has 100 valence electrons. The third-order valence-corrected chi connectivity index (χ3v) is 4.07. The van der Waals surface area contributed by atoms with Gasteiger partial charge >= 0.3 is 0 Å². The summed E-state index contributed by atoms with van der Waals surface area (Å²) in [5.41, 5.74) is 5.71. The molecule has 0 bridgehead atoms. The molecule has 0 aromatic heterocycles. The van der Waals surface area contributed by atoms with Gasteiger partial charge in [-0.3, -0.25) is 4.79 Å². The minimum Gasteiger partial charge on any atom is -0.342 e. The summed E-state index contributed by atoms with van der Waals surface area (Å²) in [6.07, 6.45) is 6.84. The van der Waals surface area contributed by atoms with E-state index in [9.17, 15) is 4.79 Å². The van der Waals surface area contributed by atoms with Gasteiger partial charge in [0.1, 0.15) is 0 Å². The van der Waals surface area contributed by atoms with Crippen LogP contribution >= 0.6 is 0 Å². The zero-order valence-electron chi connectivity index (χ0n) is 11.6. The molecule has 1 aliphatic carbocycles. The molecule has 1 aliphatic rings. The molecular formula is C14H28N2O. The quantitative estimate of drug-likeness (QED) is 0.802. The third-order valence-electron chi connectivity index (χ3n) is 4.07. The lowest BCUT2D eigenvalue weighted by Crippen LogP contribution is -2.44. The third kappa shape index (κ3) is 3.98. The Morgan fingerprint density at radius 1 is 1.47 bits per heavy atom. The van der Waals surface area contributed by atoms with Crippen molar-refractivity contribution in [2.24, 2.45) is 17.6 Å². The van der Waals surface area contributed by atoms with Crippen molar-refractivity contribution < 1.29 is 4.79 Å². The first kappa shape index (κ1) is 14.5. The van der Waals surface area contributed by atoms with Gasteiger partial charge in [-0.05, 0) is 25.2 Å². The standard InChI is InChI=1S/C14H28N2O/c1-4-6-12(10-15)14(17)16(3)13-8-5-7-11(2)9-13/h11-13H,4-10,15H2,1-3H3. The van der Waals surface area contributed by atoms with Gasteiger partial charge in [0.05, 0.1) is 5.92 Å². The number of nitrogens with zero attached hydrogens (tertiary/aromatic N) is 1. The summed E-state index contributed by atoms with van der Waals surface area (Å²) < 4.78 is 0. The molecule has 0 heterocycles. The highest BCUT2D eigenvalue weighted by Crippen LogP contribution is 2.27. The van der Waals surface area contributed by atoms with E-state index in [1.165, 1.54) is 12.8 Å². The number of hydrogen-bond donors (Lipinski definition) is 1. The van der Waals surface area contributed by atoms with E-state index < -0.39 is 0 Å². The Balaban J connectivity index is 2.54. The van der Waals surface area contributed by atoms with E-state index in [4.69, 9.17) is 5.73 Å². The molecule has 1 saturated carbocycles. The van der Waals surface area contributed by atoms with Gasteiger partial charge < -0.3 is 10.6 Å². The average molecular weight is 240 g/mol. The van der Waals surface area contributed by atoms with E-state index in [0.717, 1.165) is 31.6 Å². The summed E-state index contributed by atoms with van der Waals surface area (Å²) in [7, 11) is 1.96. The SMILES string of the molecule is CCCC(CN)C(=O)N(C)C1CCCC(C)C1. The first-order chi connectivity index (χ1) is 8.10. The molecule has 1 rings (SSSR count). The average Bonchev–Trinajstić information content (AvgIpc) is 2.34. The van der Waals surface area contributed by atoms with Crippen molar-refractivity contribution in [2.75, 3.05) is 13.6 Å². The summed E-state index contributed by atoms with van der Waals surface area (Å²) in [5.74, 6) is 1.04. The minimum absolute atomic E-state index is 0.0298. The van der Waals surface area contributed by atoms with E-state index in [0.29, 0.717) is 12.6 Å². The molecule has 1 amide bonds. The van der Waals surface area contributed by atoms with Crippen LogP contribution in [-0.4, -0.2) is 30.4 Å². The molecule has 0 radical (unpaired) electrons. The van der Waals surface area contributed by atoms with Gasteiger partial charge in [-0.1, -0.05) is 33.1 Å². The highest BCUT2D eigenvalue weighted by Gasteiger charge is 2.28. The lowest BCUT2D eigenvalue weighted by Gasteiger charge is -2.35. The Labute approximate surface area is 106 Å². The summed E-state index contributed by atoms with van der Waals surface area (Å²) in [5, 5.41) is 0. The highest BCUT2D eigenvalue weighted by molar-refractivity contribution is 5.79. The molecule has 2 N–H and O–H groups in total. The maximum Gasteiger partial charge on any atom is 0.226 e. The Bertz CT molecular complexity index is 242. The van der Waals surface area contributed by atoms with Crippen molar-refractivity contribution >= 4 is 5.91 Å². The van der Waals surface area contributed by atoms with Gasteiger partial charge in [0, 0.05) is 19.6 Å². The van der Waals surface area contributed by atoms with Crippen LogP contribution in [0.2, 0.25) is 0 Å². The molecule has 0 aromatic carbocycles. The Kier molecular flexibility index (Phi) is 5.96. The fraction of sp³-hybridized carbons (Fsp3) is 0.929. The Hall–Kier alpha value is -0.570. The zero-order chi connectivity index (χ0) is 12.8. The van der Waals surface area contributed by atoms with E-state index >= 15 is 0 Å². The number of nitrogens with two attached hydrogens (primary N) is 1. The molecule has 1 fully saturated rings. The maximum absolute atomic E-state index is 12.3. The van der Waals surface area contributed by atoms with Crippen LogP contribution in [0.1, 0.15) is 52.4 Å². The molecule has 0 saturated heterocycles. The number of amides is 1. The molecular weight excluding hydrogens is 212 g/mol. The van der Waals surface area contributed by atoms with Gasteiger partial charge in [0.15, 0.2) is 0 Å². The predicted molar refractivity (Wildman–Crippen MR) is 71.6 cm³/mol. The van der Waals surface area contributed by atoms with E-state index in [1.54, 1.807) is 0 Å². The van der Waals surface area contributed by atoms with E-state index in [2.05, 4.69) is 13.8 Å². The van der Waals surface area contributed by atoms with Crippen LogP contribution in [0.15, 0.2) is 0 Å². The second-order valence-electron chi connectivity index (χ2n) is 5.60. The topological polar surface area (TPSA) is 46.3 Å². The molecule has 17 heavy (non-hydrogen) atoms. The molecule has 3 nitrogen and oxygen atoms in total. The largest absolute Gasteiger partial charge is 0.342 e. The van der Waals surface area contributed by atoms with Gasteiger partial charge in [0.25, 0.3) is 0 Å². The fourth-order valence-electron chi connectivity index (χ4n) is 2.91. The van der Waals surface area contributed by atoms with Crippen molar-refractivity contribution in [3.05, 3.63) is 0 Å². The monoisotopic (exact) mass is 240 g/mol. The van der Waals surface area contributed by atoms with Crippen LogP contribution in [0.25, 0.3) is 0 Å². The van der Waals surface area contributed by atoms with Crippen molar-refractivity contribution in [2.45, 2.75) is 58.4 Å². The van der Waals surface area contributed by atoms with Gasteiger partial charge in [-0.2, -0.15) is 0 Å². The lowest BCUT2D eigenvalue weighted by molar-refractivity contribution is -0.137. The highest BCUT2D eigenvalue weighted by atomic mass is 16.2. The first-order valence-electron chi connectivity index (χ1n) is 7.06. The lowest BCUT2D eigenvalue weighted by atomic mass is 9.86. The summed E-state index contributed by atoms with van der Waals surface area (Å²) in [4.78, 5) is 14.3. The van der Waals surface area contributed by atoms with Gasteiger partial charge in [-0.25, -0.2) is 0 Å². The van der Waals surface area contributed by atoms with Crippen molar-refractivity contribution in [1.29, 1.82) is 0 Å². The van der Waals surface area contributed by atoms with Crippen LogP contribution in [0.5, 0.6) is 0 Å². The van der Waals surface area contributed by atoms with Crippen molar-refractivity contribution in [3.8, 4) is 0 Å². The van der Waals surface area contributed by atoms with Gasteiger partial charge in [0.2, 0.25) is 5.91 Å². The van der Waals surface area contributed by atoms with Crippen LogP contribution in [-0.2, 0) is 4.79 Å². The van der Waals surface area contributed by atoms with E-state index in [1.807, 2.05) is 11.9 Å². The van der Waals surface area contributed by atoms with E-state index in [-0.39, 0.29) is 11.8 Å². The molecule has 3 atom stereocenters. The first-order valence-corrected chi connectivity index (χ1v) is 7.06. The van der Waals surface area contributed by atoms with Crippen molar-refractivity contribution in [3.63, 3.8) is 0 Å². The van der Waals surface area contributed by atoms with Crippen LogP contribution in [0, 0.1) is 11.8 Å². The van der Waals surface area contributed by atoms with Crippen LogP contribution < -0.4 is 5.73 Å². The summed E-state index contributed by atoms with van der Waals surface area (Å²) >= 11 is 0. The zero-order valence-corrected chi connectivity index (χ0v) is 11.6. The molecule has 0 aliphatic heterocycles. The predicted octanol–water partition coefficient (Wildman–Crippen LogP) is 2.40. The summed E-state index contributed by atoms with van der Waals surface area (Å²) in [6.45, 7) is 4.88. The second kappa shape index (κ2) is 7.00. The van der Waals surface area contributed by atoms with Crippen LogP contribution in [0.3, 0.4) is 0 Å².